The summed E-state index contributed by atoms with van der Waals surface area (Å²) in [5.41, 5.74) is 4.16. The van der Waals surface area contributed by atoms with Gasteiger partial charge in [-0.1, -0.05) is 6.92 Å². The van der Waals surface area contributed by atoms with E-state index in [0.717, 1.165) is 47.1 Å². The number of aryl methyl sites for hydroxylation is 2. The number of rotatable bonds is 4. The molecule has 2 aromatic heterocycles. The summed E-state index contributed by atoms with van der Waals surface area (Å²) in [6.07, 6.45) is 2.90. The molecular weight excluding hydrogens is 236 g/mol. The quantitative estimate of drug-likeness (QED) is 0.912. The van der Waals surface area contributed by atoms with Crippen LogP contribution in [0, 0.1) is 20.8 Å². The van der Waals surface area contributed by atoms with E-state index in [2.05, 4.69) is 40.2 Å². The second kappa shape index (κ2) is 5.78. The largest absolute Gasteiger partial charge is 0.370 e. The normalized spacial score (nSPS) is 10.5. The number of nitrogens with one attached hydrogen (secondary N) is 1. The highest BCUT2D eigenvalue weighted by Crippen LogP contribution is 2.25. The van der Waals surface area contributed by atoms with Crippen LogP contribution in [0.25, 0.3) is 11.3 Å². The molecule has 0 aliphatic heterocycles. The molecule has 0 aromatic carbocycles. The minimum atomic E-state index is 0.786. The standard InChI is InChI=1S/C15H20N4/c1-5-7-17-15-11(3)14(18-12(4)19-15)13-6-8-16-10(2)9-13/h6,8-9H,5,7H2,1-4H3,(H,17,18,19). The van der Waals surface area contributed by atoms with Crippen LogP contribution < -0.4 is 5.32 Å². The maximum absolute atomic E-state index is 4.57. The molecule has 0 saturated heterocycles. The summed E-state index contributed by atoms with van der Waals surface area (Å²) in [7, 11) is 0. The summed E-state index contributed by atoms with van der Waals surface area (Å²) in [4.78, 5) is 13.3. The van der Waals surface area contributed by atoms with Crippen LogP contribution in [0.15, 0.2) is 18.3 Å². The SMILES string of the molecule is CCCNc1nc(C)nc(-c2ccnc(C)c2)c1C. The molecule has 4 nitrogen and oxygen atoms in total. The van der Waals surface area contributed by atoms with Gasteiger partial charge in [0, 0.05) is 29.6 Å². The van der Waals surface area contributed by atoms with Crippen LogP contribution in [-0.2, 0) is 0 Å². The van der Waals surface area contributed by atoms with Gasteiger partial charge < -0.3 is 5.32 Å². The highest BCUT2D eigenvalue weighted by atomic mass is 15.0. The van der Waals surface area contributed by atoms with Crippen molar-refractivity contribution in [3.8, 4) is 11.3 Å². The maximum atomic E-state index is 4.57. The number of pyridine rings is 1. The Balaban J connectivity index is 2.48. The lowest BCUT2D eigenvalue weighted by molar-refractivity contribution is 0.947. The molecule has 19 heavy (non-hydrogen) atoms. The Kier molecular flexibility index (Phi) is 4.10. The van der Waals surface area contributed by atoms with Crippen molar-refractivity contribution in [3.63, 3.8) is 0 Å². The van der Waals surface area contributed by atoms with Gasteiger partial charge >= 0.3 is 0 Å². The number of anilines is 1. The first-order valence-electron chi connectivity index (χ1n) is 6.64. The lowest BCUT2D eigenvalue weighted by Crippen LogP contribution is -2.07. The average Bonchev–Trinajstić information content (AvgIpc) is 2.39. The average molecular weight is 256 g/mol. The van der Waals surface area contributed by atoms with Gasteiger partial charge in [-0.25, -0.2) is 9.97 Å². The zero-order chi connectivity index (χ0) is 13.8. The molecule has 0 bridgehead atoms. The Morgan fingerprint density at radius 1 is 1.16 bits per heavy atom. The molecule has 2 aromatic rings. The Morgan fingerprint density at radius 2 is 1.95 bits per heavy atom. The second-order valence-electron chi connectivity index (χ2n) is 4.71. The highest BCUT2D eigenvalue weighted by molar-refractivity contribution is 5.68. The molecule has 0 unspecified atom stereocenters. The van der Waals surface area contributed by atoms with E-state index in [1.54, 1.807) is 0 Å². The summed E-state index contributed by atoms with van der Waals surface area (Å²) < 4.78 is 0. The predicted molar refractivity (Wildman–Crippen MR) is 78.3 cm³/mol. The number of aromatic nitrogens is 3. The van der Waals surface area contributed by atoms with Crippen molar-refractivity contribution in [1.29, 1.82) is 0 Å². The molecule has 0 spiro atoms. The maximum Gasteiger partial charge on any atom is 0.133 e. The first-order valence-corrected chi connectivity index (χ1v) is 6.64. The Hall–Kier alpha value is -1.97. The third kappa shape index (κ3) is 3.08. The minimum Gasteiger partial charge on any atom is -0.370 e. The van der Waals surface area contributed by atoms with Crippen LogP contribution in [0.5, 0.6) is 0 Å². The van der Waals surface area contributed by atoms with E-state index in [9.17, 15) is 0 Å². The van der Waals surface area contributed by atoms with Crippen LogP contribution in [-0.4, -0.2) is 21.5 Å². The summed E-state index contributed by atoms with van der Waals surface area (Å²) in [6.45, 7) is 9.04. The van der Waals surface area contributed by atoms with Crippen molar-refractivity contribution in [2.75, 3.05) is 11.9 Å². The molecule has 0 aliphatic carbocycles. The number of nitrogens with zero attached hydrogens (tertiary/aromatic N) is 3. The molecule has 0 radical (unpaired) electrons. The van der Waals surface area contributed by atoms with Gasteiger partial charge in [0.2, 0.25) is 0 Å². The van der Waals surface area contributed by atoms with Crippen molar-refractivity contribution in [3.05, 3.63) is 35.4 Å². The molecule has 0 amide bonds. The van der Waals surface area contributed by atoms with Crippen LogP contribution >= 0.6 is 0 Å². The smallest absolute Gasteiger partial charge is 0.133 e. The first kappa shape index (κ1) is 13.5. The number of hydrogen-bond acceptors (Lipinski definition) is 4. The Bertz CT molecular complexity index is 578. The van der Waals surface area contributed by atoms with Crippen molar-refractivity contribution in [1.82, 2.24) is 15.0 Å². The third-order valence-corrected chi connectivity index (χ3v) is 2.97. The zero-order valence-electron chi connectivity index (χ0n) is 12.0. The predicted octanol–water partition coefficient (Wildman–Crippen LogP) is 3.29. The zero-order valence-corrected chi connectivity index (χ0v) is 12.0. The van der Waals surface area contributed by atoms with E-state index < -0.39 is 0 Å². The van der Waals surface area contributed by atoms with Crippen molar-refractivity contribution >= 4 is 5.82 Å². The fourth-order valence-corrected chi connectivity index (χ4v) is 2.02. The van der Waals surface area contributed by atoms with E-state index in [1.165, 1.54) is 0 Å². The van der Waals surface area contributed by atoms with Crippen LogP contribution in [0.1, 0.15) is 30.4 Å². The van der Waals surface area contributed by atoms with Gasteiger partial charge in [0.05, 0.1) is 5.69 Å². The molecule has 4 heteroatoms. The van der Waals surface area contributed by atoms with Crippen molar-refractivity contribution < 1.29 is 0 Å². The monoisotopic (exact) mass is 256 g/mol. The minimum absolute atomic E-state index is 0.786. The van der Waals surface area contributed by atoms with Gasteiger partial charge in [-0.3, -0.25) is 4.98 Å². The van der Waals surface area contributed by atoms with Gasteiger partial charge in [0.25, 0.3) is 0 Å². The van der Waals surface area contributed by atoms with Crippen LogP contribution in [0.2, 0.25) is 0 Å². The second-order valence-corrected chi connectivity index (χ2v) is 4.71. The highest BCUT2D eigenvalue weighted by Gasteiger charge is 2.10. The van der Waals surface area contributed by atoms with E-state index in [4.69, 9.17) is 0 Å². The van der Waals surface area contributed by atoms with Crippen molar-refractivity contribution in [2.45, 2.75) is 34.1 Å². The van der Waals surface area contributed by atoms with Crippen molar-refractivity contribution in [2.24, 2.45) is 0 Å². The molecule has 100 valence electrons. The molecule has 0 fully saturated rings. The van der Waals surface area contributed by atoms with E-state index in [1.807, 2.05) is 26.1 Å². The van der Waals surface area contributed by atoms with Gasteiger partial charge in [-0.15, -0.1) is 0 Å². The summed E-state index contributed by atoms with van der Waals surface area (Å²) in [6, 6.07) is 4.05. The fraction of sp³-hybridized carbons (Fsp3) is 0.400. The summed E-state index contributed by atoms with van der Waals surface area (Å²) >= 11 is 0. The Morgan fingerprint density at radius 3 is 2.63 bits per heavy atom. The van der Waals surface area contributed by atoms with Gasteiger partial charge in [0.1, 0.15) is 11.6 Å². The van der Waals surface area contributed by atoms with Gasteiger partial charge in [-0.05, 0) is 39.3 Å². The van der Waals surface area contributed by atoms with E-state index in [-0.39, 0.29) is 0 Å². The van der Waals surface area contributed by atoms with E-state index in [0.29, 0.717) is 0 Å². The molecule has 2 rings (SSSR count). The molecule has 0 saturated carbocycles. The first-order chi connectivity index (χ1) is 9.11. The fourth-order valence-electron chi connectivity index (χ4n) is 2.02. The lowest BCUT2D eigenvalue weighted by Gasteiger charge is -2.12. The molecule has 0 aliphatic rings. The summed E-state index contributed by atoms with van der Waals surface area (Å²) in [5, 5.41) is 3.36. The molecule has 2 heterocycles. The number of hydrogen-bond donors (Lipinski definition) is 1. The van der Waals surface area contributed by atoms with Gasteiger partial charge in [-0.2, -0.15) is 0 Å². The van der Waals surface area contributed by atoms with Crippen LogP contribution in [0.3, 0.4) is 0 Å². The molecule has 0 atom stereocenters. The summed E-state index contributed by atoms with van der Waals surface area (Å²) in [5.74, 6) is 1.72. The van der Waals surface area contributed by atoms with Gasteiger partial charge in [0.15, 0.2) is 0 Å². The van der Waals surface area contributed by atoms with Crippen LogP contribution in [0.4, 0.5) is 5.82 Å². The molecular formula is C15H20N4. The third-order valence-electron chi connectivity index (χ3n) is 2.97. The Labute approximate surface area is 114 Å². The lowest BCUT2D eigenvalue weighted by atomic mass is 10.1. The molecule has 1 N–H and O–H groups in total. The van der Waals surface area contributed by atoms with E-state index >= 15 is 0 Å². The topological polar surface area (TPSA) is 50.7 Å².